The maximum absolute atomic E-state index is 13.1. The topological polar surface area (TPSA) is 49.9 Å². The smallest absolute Gasteiger partial charge is 0.244 e. The second-order valence-electron chi connectivity index (χ2n) is 9.52. The molecule has 1 aliphatic carbocycles. The Hall–Kier alpha value is -1.76. The molecule has 2 heterocycles. The van der Waals surface area contributed by atoms with Gasteiger partial charge in [-0.3, -0.25) is 0 Å². The van der Waals surface area contributed by atoms with Crippen LogP contribution in [0.3, 0.4) is 0 Å². The van der Waals surface area contributed by atoms with Gasteiger partial charge in [-0.05, 0) is 86.8 Å². The van der Waals surface area contributed by atoms with E-state index in [1.54, 1.807) is 28.6 Å². The molecule has 1 saturated carbocycles. The molecule has 2 aromatic carbocycles. The normalized spacial score (nSPS) is 22.0. The molecule has 5 rings (SSSR count). The minimum atomic E-state index is -3.55. The van der Waals surface area contributed by atoms with Gasteiger partial charge in [-0.25, -0.2) is 8.42 Å². The van der Waals surface area contributed by atoms with E-state index < -0.39 is 10.0 Å². The molecule has 3 aliphatic rings. The van der Waals surface area contributed by atoms with Crippen LogP contribution in [0, 0.1) is 5.41 Å². The number of hydrogen-bond donors (Lipinski definition) is 0. The number of hydrogen-bond acceptors (Lipinski definition) is 4. The van der Waals surface area contributed by atoms with Crippen LogP contribution in [0.5, 0.6) is 5.75 Å². The van der Waals surface area contributed by atoms with E-state index in [-0.39, 0.29) is 10.3 Å². The van der Waals surface area contributed by atoms with E-state index in [0.29, 0.717) is 24.2 Å². The lowest BCUT2D eigenvalue weighted by Crippen LogP contribution is -2.44. The van der Waals surface area contributed by atoms with Crippen molar-refractivity contribution in [3.63, 3.8) is 0 Å². The average molecular weight is 475 g/mol. The fraction of sp³-hybridized carbons (Fsp3) is 0.520. The van der Waals surface area contributed by atoms with Gasteiger partial charge >= 0.3 is 0 Å². The first-order chi connectivity index (χ1) is 15.5. The highest BCUT2D eigenvalue weighted by Gasteiger charge is 2.43. The summed E-state index contributed by atoms with van der Waals surface area (Å²) in [5.41, 5.74) is 1.41. The lowest BCUT2D eigenvalue weighted by Gasteiger charge is -2.38. The number of anilines is 1. The van der Waals surface area contributed by atoms with Gasteiger partial charge in [0, 0.05) is 31.9 Å². The lowest BCUT2D eigenvalue weighted by molar-refractivity contribution is 0.177. The third-order valence-electron chi connectivity index (χ3n) is 7.48. The maximum atomic E-state index is 13.1. The third-order valence-corrected chi connectivity index (χ3v) is 9.88. The summed E-state index contributed by atoms with van der Waals surface area (Å²) in [5, 5.41) is 0.292. The number of halogens is 1. The first-order valence-electron chi connectivity index (χ1n) is 11.7. The first-order valence-corrected chi connectivity index (χ1v) is 13.5. The molecule has 3 fully saturated rings. The van der Waals surface area contributed by atoms with Crippen molar-refractivity contribution in [2.24, 2.45) is 5.41 Å². The monoisotopic (exact) mass is 474 g/mol. The Labute approximate surface area is 196 Å². The largest absolute Gasteiger partial charge is 0.490 e. The Bertz CT molecular complexity index is 1040. The molecule has 1 spiro atoms. The third kappa shape index (κ3) is 4.37. The van der Waals surface area contributed by atoms with Crippen molar-refractivity contribution in [3.8, 4) is 5.75 Å². The molecule has 0 radical (unpaired) electrons. The van der Waals surface area contributed by atoms with E-state index in [1.165, 1.54) is 31.4 Å². The van der Waals surface area contributed by atoms with Crippen LogP contribution in [0.25, 0.3) is 0 Å². The number of piperidine rings is 1. The number of nitrogens with zero attached hydrogens (tertiary/aromatic N) is 2. The van der Waals surface area contributed by atoms with Gasteiger partial charge in [0.2, 0.25) is 10.0 Å². The second-order valence-corrected chi connectivity index (χ2v) is 11.8. The SMILES string of the molecule is O=S(=O)(c1ccccc1Cl)N1CCC2(CCN(c3ccc(OC4CCCC4)cc3)C2)CC1. The molecule has 32 heavy (non-hydrogen) atoms. The van der Waals surface area contributed by atoms with Crippen molar-refractivity contribution in [1.82, 2.24) is 4.31 Å². The summed E-state index contributed by atoms with van der Waals surface area (Å²) >= 11 is 6.17. The van der Waals surface area contributed by atoms with E-state index in [9.17, 15) is 8.42 Å². The zero-order valence-corrected chi connectivity index (χ0v) is 20.0. The van der Waals surface area contributed by atoms with E-state index in [4.69, 9.17) is 16.3 Å². The fourth-order valence-electron chi connectivity index (χ4n) is 5.49. The number of rotatable bonds is 5. The minimum Gasteiger partial charge on any atom is -0.490 e. The fourth-order valence-corrected chi connectivity index (χ4v) is 7.43. The Balaban J connectivity index is 1.20. The van der Waals surface area contributed by atoms with Gasteiger partial charge in [0.1, 0.15) is 10.6 Å². The van der Waals surface area contributed by atoms with Crippen molar-refractivity contribution in [1.29, 1.82) is 0 Å². The summed E-state index contributed by atoms with van der Waals surface area (Å²) in [5.74, 6) is 0.965. The van der Waals surface area contributed by atoms with E-state index in [0.717, 1.165) is 38.1 Å². The van der Waals surface area contributed by atoms with Crippen molar-refractivity contribution in [3.05, 3.63) is 53.6 Å². The molecule has 2 aliphatic heterocycles. The summed E-state index contributed by atoms with van der Waals surface area (Å²) in [6.07, 6.45) is 8.13. The van der Waals surface area contributed by atoms with Crippen molar-refractivity contribution in [2.75, 3.05) is 31.1 Å². The van der Waals surface area contributed by atoms with Crippen molar-refractivity contribution < 1.29 is 13.2 Å². The molecule has 5 nitrogen and oxygen atoms in total. The predicted molar refractivity (Wildman–Crippen MR) is 128 cm³/mol. The van der Waals surface area contributed by atoms with Crippen LogP contribution in [-0.2, 0) is 10.0 Å². The minimum absolute atomic E-state index is 0.186. The molecule has 0 amide bonds. The highest BCUT2D eigenvalue weighted by Crippen LogP contribution is 2.43. The molecular formula is C25H31ClN2O3S. The van der Waals surface area contributed by atoms with Crippen LogP contribution in [0.1, 0.15) is 44.9 Å². The molecule has 0 unspecified atom stereocenters. The highest BCUT2D eigenvalue weighted by molar-refractivity contribution is 7.89. The van der Waals surface area contributed by atoms with Crippen molar-refractivity contribution in [2.45, 2.75) is 55.9 Å². The van der Waals surface area contributed by atoms with Gasteiger partial charge in [-0.1, -0.05) is 23.7 Å². The summed E-state index contributed by atoms with van der Waals surface area (Å²) in [6, 6.07) is 15.2. The summed E-state index contributed by atoms with van der Waals surface area (Å²) < 4.78 is 33.9. The van der Waals surface area contributed by atoms with Crippen LogP contribution in [0.4, 0.5) is 5.69 Å². The maximum Gasteiger partial charge on any atom is 0.244 e. The van der Waals surface area contributed by atoms with Gasteiger partial charge < -0.3 is 9.64 Å². The van der Waals surface area contributed by atoms with Gasteiger partial charge in [-0.2, -0.15) is 4.31 Å². The zero-order chi connectivity index (χ0) is 22.2. The van der Waals surface area contributed by atoms with Crippen LogP contribution in [-0.4, -0.2) is 45.0 Å². The Morgan fingerprint density at radius 1 is 0.906 bits per heavy atom. The first kappa shape index (κ1) is 22.1. The predicted octanol–water partition coefficient (Wildman–Crippen LogP) is 5.34. The molecule has 172 valence electrons. The van der Waals surface area contributed by atoms with Crippen molar-refractivity contribution >= 4 is 27.3 Å². The molecule has 2 saturated heterocycles. The summed E-state index contributed by atoms with van der Waals surface area (Å²) in [6.45, 7) is 3.10. The molecule has 0 bridgehead atoms. The molecule has 2 aromatic rings. The lowest BCUT2D eigenvalue weighted by atomic mass is 9.78. The highest BCUT2D eigenvalue weighted by atomic mass is 35.5. The average Bonchev–Trinajstić information content (AvgIpc) is 3.45. The number of benzene rings is 2. The Morgan fingerprint density at radius 3 is 2.25 bits per heavy atom. The molecule has 7 heteroatoms. The van der Waals surface area contributed by atoms with E-state index in [2.05, 4.69) is 29.2 Å². The molecule has 0 N–H and O–H groups in total. The van der Waals surface area contributed by atoms with Crippen LogP contribution < -0.4 is 9.64 Å². The quantitative estimate of drug-likeness (QED) is 0.586. The number of sulfonamides is 1. The standard InChI is InChI=1S/C25H31ClN2O3S/c26-23-7-3-4-8-24(23)32(29,30)28-17-14-25(15-18-28)13-16-27(19-25)20-9-11-22(12-10-20)31-21-5-1-2-6-21/h3-4,7-12,21H,1-2,5-6,13-19H2. The number of ether oxygens (including phenoxy) is 1. The summed E-state index contributed by atoms with van der Waals surface area (Å²) in [4.78, 5) is 2.66. The van der Waals surface area contributed by atoms with Gasteiger partial charge in [-0.15, -0.1) is 0 Å². The molecule has 0 atom stereocenters. The Morgan fingerprint density at radius 2 is 1.56 bits per heavy atom. The molecular weight excluding hydrogens is 444 g/mol. The van der Waals surface area contributed by atoms with E-state index in [1.807, 2.05) is 0 Å². The van der Waals surface area contributed by atoms with Gasteiger partial charge in [0.25, 0.3) is 0 Å². The van der Waals surface area contributed by atoms with Gasteiger partial charge in [0.05, 0.1) is 11.1 Å². The van der Waals surface area contributed by atoms with E-state index >= 15 is 0 Å². The van der Waals surface area contributed by atoms with Gasteiger partial charge in [0.15, 0.2) is 0 Å². The Kier molecular flexibility index (Phi) is 6.12. The molecule has 0 aromatic heterocycles. The van der Waals surface area contributed by atoms with Crippen LogP contribution in [0.2, 0.25) is 5.02 Å². The zero-order valence-electron chi connectivity index (χ0n) is 18.4. The summed E-state index contributed by atoms with van der Waals surface area (Å²) in [7, 11) is -3.55. The van der Waals surface area contributed by atoms with Crippen LogP contribution in [0.15, 0.2) is 53.4 Å². The second kappa shape index (κ2) is 8.88. The van der Waals surface area contributed by atoms with Crippen LogP contribution >= 0.6 is 11.6 Å².